The first-order chi connectivity index (χ1) is 58.0. The highest BCUT2D eigenvalue weighted by Crippen LogP contribution is 2.49. The highest BCUT2D eigenvalue weighted by Gasteiger charge is 2.30. The molecular formula is C116H114N6O. The van der Waals surface area contributed by atoms with Crippen LogP contribution in [0.3, 0.4) is 0 Å². The van der Waals surface area contributed by atoms with E-state index in [0.717, 1.165) is 78.1 Å². The molecular weight excluding hydrogens is 1490 g/mol. The molecule has 7 heterocycles. The van der Waals surface area contributed by atoms with E-state index in [1.165, 1.54) is 153 Å². The number of rotatable bonds is 6. The van der Waals surface area contributed by atoms with Gasteiger partial charge in [0.05, 0.1) is 66.2 Å². The summed E-state index contributed by atoms with van der Waals surface area (Å²) >= 11 is 0. The normalized spacial score (nSPS) is 13.5. The largest absolute Gasteiger partial charge is 0.456 e. The van der Waals surface area contributed by atoms with E-state index in [1.807, 2.05) is 0 Å². The number of fused-ring (bicyclic) bond motifs is 21. The second-order valence-electron chi connectivity index (χ2n) is 44.1. The molecule has 0 fully saturated rings. The van der Waals surface area contributed by atoms with Crippen molar-refractivity contribution in [3.63, 3.8) is 0 Å². The van der Waals surface area contributed by atoms with Crippen LogP contribution in [0.5, 0.6) is 0 Å². The Morgan fingerprint density at radius 2 is 0.260 bits per heavy atom. The molecule has 21 rings (SSSR count). The van der Waals surface area contributed by atoms with Gasteiger partial charge in [-0.05, 0) is 294 Å². The summed E-state index contributed by atoms with van der Waals surface area (Å²) in [6.45, 7) is 55.8. The lowest BCUT2D eigenvalue weighted by molar-refractivity contribution is 0.590. The fraction of sp³-hybridized carbons (Fsp3) is 0.276. The molecule has 14 aromatic carbocycles. The molecule has 0 unspecified atom stereocenters. The van der Waals surface area contributed by atoms with E-state index in [9.17, 15) is 0 Å². The zero-order valence-corrected chi connectivity index (χ0v) is 76.3. The van der Waals surface area contributed by atoms with Gasteiger partial charge in [0.2, 0.25) is 0 Å². The van der Waals surface area contributed by atoms with Crippen LogP contribution in [-0.4, -0.2) is 27.4 Å². The molecule has 7 aromatic heterocycles. The van der Waals surface area contributed by atoms with Crippen LogP contribution in [0.2, 0.25) is 0 Å². The first-order valence-corrected chi connectivity index (χ1v) is 44.5. The van der Waals surface area contributed by atoms with Crippen molar-refractivity contribution in [2.75, 3.05) is 0 Å². The van der Waals surface area contributed by atoms with Crippen molar-refractivity contribution in [1.82, 2.24) is 27.4 Å². The monoisotopic (exact) mass is 1610 g/mol. The smallest absolute Gasteiger partial charge is 0.135 e. The lowest BCUT2D eigenvalue weighted by atomic mass is 9.85. The van der Waals surface area contributed by atoms with Gasteiger partial charge in [0.25, 0.3) is 0 Å². The van der Waals surface area contributed by atoms with Crippen LogP contribution in [0.15, 0.2) is 259 Å². The Bertz CT molecular complexity index is 6940. The van der Waals surface area contributed by atoms with Crippen LogP contribution < -0.4 is 0 Å². The average molecular weight is 1610 g/mol. The molecule has 123 heavy (non-hydrogen) atoms. The first kappa shape index (κ1) is 78.0. The van der Waals surface area contributed by atoms with Gasteiger partial charge in [-0.25, -0.2) is 0 Å². The second kappa shape index (κ2) is 26.1. The molecule has 0 saturated carbocycles. The lowest BCUT2D eigenvalue weighted by Crippen LogP contribution is -2.10. The third kappa shape index (κ3) is 12.3. The summed E-state index contributed by atoms with van der Waals surface area (Å²) in [6, 6.07) is 100.0. The number of hydrogen-bond acceptors (Lipinski definition) is 1. The minimum atomic E-state index is -0.0305. The molecule has 0 saturated heterocycles. The van der Waals surface area contributed by atoms with Crippen LogP contribution >= 0.6 is 0 Å². The third-order valence-electron chi connectivity index (χ3n) is 27.4. The molecule has 0 amide bonds. The van der Waals surface area contributed by atoms with Gasteiger partial charge in [-0.15, -0.1) is 0 Å². The Morgan fingerprint density at radius 1 is 0.138 bits per heavy atom. The predicted octanol–water partition coefficient (Wildman–Crippen LogP) is 32.5. The molecule has 0 spiro atoms. The van der Waals surface area contributed by atoms with E-state index in [4.69, 9.17) is 4.42 Å². The molecule has 0 N–H and O–H groups in total. The molecule has 7 nitrogen and oxygen atoms in total. The number of furan rings is 1. The minimum absolute atomic E-state index is 0.0305. The van der Waals surface area contributed by atoms with E-state index >= 15 is 0 Å². The lowest BCUT2D eigenvalue weighted by Gasteiger charge is -2.19. The van der Waals surface area contributed by atoms with Crippen LogP contribution in [0.1, 0.15) is 211 Å². The molecule has 0 aliphatic carbocycles. The van der Waals surface area contributed by atoms with Gasteiger partial charge in [-0.1, -0.05) is 215 Å². The molecule has 0 bridgehead atoms. The number of aromatic nitrogens is 6. The summed E-state index contributed by atoms with van der Waals surface area (Å²) in [5, 5.41) is 17.0. The fourth-order valence-electron chi connectivity index (χ4n) is 20.1. The third-order valence-corrected chi connectivity index (χ3v) is 27.4. The van der Waals surface area contributed by atoms with Gasteiger partial charge in [0.15, 0.2) is 0 Å². The predicted molar refractivity (Wildman–Crippen MR) is 529 cm³/mol. The highest BCUT2D eigenvalue weighted by atomic mass is 16.3. The molecule has 0 aliphatic heterocycles. The Balaban J connectivity index is 0.785. The Morgan fingerprint density at radius 3 is 0.407 bits per heavy atom. The van der Waals surface area contributed by atoms with E-state index in [0.29, 0.717) is 0 Å². The van der Waals surface area contributed by atoms with Crippen molar-refractivity contribution in [3.05, 3.63) is 299 Å². The van der Waals surface area contributed by atoms with Gasteiger partial charge < -0.3 is 31.8 Å². The van der Waals surface area contributed by atoms with Crippen molar-refractivity contribution >= 4 is 153 Å². The molecule has 7 heteroatoms. The fourth-order valence-corrected chi connectivity index (χ4v) is 20.1. The van der Waals surface area contributed by atoms with Crippen molar-refractivity contribution in [2.45, 2.75) is 209 Å². The van der Waals surface area contributed by atoms with Crippen molar-refractivity contribution in [1.29, 1.82) is 0 Å². The summed E-state index contributed by atoms with van der Waals surface area (Å²) < 4.78 is 22.1. The van der Waals surface area contributed by atoms with Crippen LogP contribution in [0.4, 0.5) is 0 Å². The Labute approximate surface area is 722 Å². The van der Waals surface area contributed by atoms with Gasteiger partial charge in [-0.2, -0.15) is 0 Å². The Hall–Kier alpha value is -12.3. The van der Waals surface area contributed by atoms with Crippen LogP contribution in [0.25, 0.3) is 187 Å². The SMILES string of the molecule is CC(C)(C)c1ccc2c(c1)c1cc(C(C)(C)C)ccc1n2-c1ccc2c(c1)c1cc(-n3c4ccc(C(C)(C)C)cc4c4cc(C(C)(C)C)ccc43)ccc1n2-c1ccc2oc3ccc(-n4c5ccc(-n6c7ccc(C(C)(C)C)cc7c7cc(C(C)(C)C)ccc76)cc5c5cc(-n6c7ccc(C(C)(C)C)cc7c7cc(C(C)(C)C)ccc76)ccc54)cc3c2c1. The van der Waals surface area contributed by atoms with Crippen LogP contribution in [0, 0.1) is 0 Å². The van der Waals surface area contributed by atoms with E-state index in [-0.39, 0.29) is 43.3 Å². The molecule has 0 radical (unpaired) electrons. The van der Waals surface area contributed by atoms with Crippen LogP contribution in [-0.2, 0) is 43.3 Å². The number of hydrogen-bond donors (Lipinski definition) is 0. The standard InChI is InChI=1S/C116H114N6O/c1-109(2,3)67-25-39-95-81(53-67)82-54-68(110(4,5)6)26-40-96(82)117(95)75-33-47-103-89(61-75)90-62-76(118-97-41-27-69(111(7,8)9)55-83(97)84-56-70(112(10,11)12)28-42-98(84)118)34-48-104(90)121(103)79-37-51-107-93(65-79)94-66-80(38-52-108(94)123-107)122-105-49-35-77(119-99-43-29-71(113(13,14)15)57-85(99)86-58-72(114(16,17)18)30-44-100(86)119)63-91(105)92-64-78(36-50-106(92)122)120-101-45-31-73(115(19,20)21)59-87(101)88-60-74(116(22,23)24)32-46-102(88)120/h25-66H,1-24H3. The summed E-state index contributed by atoms with van der Waals surface area (Å²) in [5.74, 6) is 0. The summed E-state index contributed by atoms with van der Waals surface area (Å²) in [7, 11) is 0. The maximum Gasteiger partial charge on any atom is 0.135 e. The van der Waals surface area contributed by atoms with Crippen molar-refractivity contribution in [3.8, 4) is 34.1 Å². The van der Waals surface area contributed by atoms with Gasteiger partial charge in [0.1, 0.15) is 11.2 Å². The van der Waals surface area contributed by atoms with Gasteiger partial charge >= 0.3 is 0 Å². The summed E-state index contributed by atoms with van der Waals surface area (Å²) in [6.07, 6.45) is 0. The summed E-state index contributed by atoms with van der Waals surface area (Å²) in [5.41, 5.74) is 32.7. The van der Waals surface area contributed by atoms with Crippen molar-refractivity contribution in [2.24, 2.45) is 0 Å². The summed E-state index contributed by atoms with van der Waals surface area (Å²) in [4.78, 5) is 0. The van der Waals surface area contributed by atoms with Crippen molar-refractivity contribution < 1.29 is 4.42 Å². The quantitative estimate of drug-likeness (QED) is 0.164. The molecule has 614 valence electrons. The maximum absolute atomic E-state index is 7.03. The second-order valence-corrected chi connectivity index (χ2v) is 44.1. The molecule has 0 aliphatic rings. The van der Waals surface area contributed by atoms with E-state index in [1.54, 1.807) is 0 Å². The Kier molecular flexibility index (Phi) is 16.6. The molecule has 0 atom stereocenters. The topological polar surface area (TPSA) is 42.7 Å². The van der Waals surface area contributed by atoms with Gasteiger partial charge in [0, 0.05) is 110 Å². The first-order valence-electron chi connectivity index (χ1n) is 44.5. The van der Waals surface area contributed by atoms with Gasteiger partial charge in [-0.3, -0.25) is 0 Å². The molecule has 21 aromatic rings. The van der Waals surface area contributed by atoms with E-state index in [2.05, 4.69) is 448 Å². The van der Waals surface area contributed by atoms with E-state index < -0.39 is 0 Å². The average Bonchev–Trinajstić information content (AvgIpc) is 1.53. The zero-order chi connectivity index (χ0) is 86.1. The number of benzene rings is 14. The highest BCUT2D eigenvalue weighted by molar-refractivity contribution is 6.18. The minimum Gasteiger partial charge on any atom is -0.456 e. The number of nitrogens with zero attached hydrogens (tertiary/aromatic N) is 6. The maximum atomic E-state index is 7.03. The zero-order valence-electron chi connectivity index (χ0n) is 76.3.